The summed E-state index contributed by atoms with van der Waals surface area (Å²) in [6.07, 6.45) is 1.95. The first-order valence-corrected chi connectivity index (χ1v) is 6.94. The van der Waals surface area contributed by atoms with Crippen molar-refractivity contribution < 1.29 is 24.3 Å². The van der Waals surface area contributed by atoms with E-state index in [1.807, 2.05) is 0 Å². The number of rotatable bonds is 5. The van der Waals surface area contributed by atoms with Crippen LogP contribution in [0.25, 0.3) is 0 Å². The molecule has 0 aliphatic carbocycles. The van der Waals surface area contributed by atoms with E-state index in [0.29, 0.717) is 0 Å². The lowest BCUT2D eigenvalue weighted by atomic mass is 10.2. The predicted octanol–water partition coefficient (Wildman–Crippen LogP) is 1.48. The number of carboxylic acid groups (broad SMARTS) is 1. The molecular weight excluding hydrogens is 251 g/mol. The van der Waals surface area contributed by atoms with Gasteiger partial charge in [-0.25, -0.2) is 4.79 Å². The molecule has 16 heavy (non-hydrogen) atoms. The summed E-state index contributed by atoms with van der Waals surface area (Å²) in [6.45, 7) is 0. The average molecular weight is 262 g/mol. The number of carbonyl (C=O) groups is 1. The third-order valence-electron chi connectivity index (χ3n) is 1.88. The van der Waals surface area contributed by atoms with E-state index >= 15 is 0 Å². The van der Waals surface area contributed by atoms with Crippen molar-refractivity contribution in [1.82, 2.24) is 0 Å². The van der Waals surface area contributed by atoms with Gasteiger partial charge in [-0.15, -0.1) is 11.3 Å². The molecule has 0 saturated carbocycles. The molecule has 1 rings (SSSR count). The number of hydrogen-bond acceptors (Lipinski definition) is 3. The Morgan fingerprint density at radius 3 is 2.69 bits per heavy atom. The molecule has 0 fully saturated rings. The second-order valence-corrected chi connectivity index (χ2v) is 6.01. The lowest BCUT2D eigenvalue weighted by Gasteiger charge is -2.13. The van der Waals surface area contributed by atoms with Crippen molar-refractivity contribution in [3.05, 3.63) is 34.5 Å². The highest BCUT2D eigenvalue weighted by Gasteiger charge is 2.26. The van der Waals surface area contributed by atoms with Crippen molar-refractivity contribution in [2.75, 3.05) is 0 Å². The maximum absolute atomic E-state index is 11.1. The number of thiophene rings is 1. The minimum absolute atomic E-state index is 0.145. The molecule has 1 aromatic rings. The van der Waals surface area contributed by atoms with Crippen LogP contribution in [0.3, 0.4) is 0 Å². The molecule has 0 aromatic carbocycles. The zero-order valence-electron chi connectivity index (χ0n) is 8.18. The molecule has 5 nitrogen and oxygen atoms in total. The van der Waals surface area contributed by atoms with Crippen LogP contribution in [-0.2, 0) is 15.8 Å². The molecule has 0 spiro atoms. The van der Waals surface area contributed by atoms with Crippen molar-refractivity contribution in [1.29, 1.82) is 0 Å². The molecule has 0 aliphatic heterocycles. The van der Waals surface area contributed by atoms with Crippen LogP contribution in [0, 0.1) is 0 Å². The van der Waals surface area contributed by atoms with Gasteiger partial charge >= 0.3 is 13.6 Å². The average Bonchev–Trinajstić information content (AvgIpc) is 2.62. The minimum atomic E-state index is -4.32. The van der Waals surface area contributed by atoms with Crippen molar-refractivity contribution in [2.45, 2.75) is 12.1 Å². The molecule has 7 heteroatoms. The second-order valence-electron chi connectivity index (χ2n) is 3.14. The van der Waals surface area contributed by atoms with E-state index in [2.05, 4.69) is 0 Å². The van der Waals surface area contributed by atoms with Gasteiger partial charge in [0, 0.05) is 11.0 Å². The zero-order valence-corrected chi connectivity index (χ0v) is 9.90. The number of carboxylic acids is 1. The van der Waals surface area contributed by atoms with Crippen LogP contribution in [-0.4, -0.2) is 26.5 Å². The van der Waals surface area contributed by atoms with Gasteiger partial charge in [0.05, 0.1) is 5.66 Å². The summed E-state index contributed by atoms with van der Waals surface area (Å²) < 4.78 is 11.1. The second kappa shape index (κ2) is 5.41. The number of allylic oxidation sites excluding steroid dienone is 1. The third-order valence-corrected chi connectivity index (χ3v) is 4.00. The van der Waals surface area contributed by atoms with Crippen molar-refractivity contribution in [3.63, 3.8) is 0 Å². The van der Waals surface area contributed by atoms with Crippen molar-refractivity contribution in [2.24, 2.45) is 0 Å². The molecule has 1 atom stereocenters. The van der Waals surface area contributed by atoms with Crippen LogP contribution >= 0.6 is 18.9 Å². The Morgan fingerprint density at radius 1 is 1.56 bits per heavy atom. The SMILES string of the molecule is O=C(O)/C=C/C(Cc1cccs1)P(=O)(O)O. The standard InChI is InChI=1S/C9H11O5PS/c10-9(11)4-3-7(15(12,13)14)6-8-2-1-5-16-8/h1-5,7H,6H2,(H,10,11)(H2,12,13,14)/b4-3+. The maximum Gasteiger partial charge on any atom is 0.332 e. The summed E-state index contributed by atoms with van der Waals surface area (Å²) in [6, 6.07) is 3.53. The summed E-state index contributed by atoms with van der Waals surface area (Å²) in [5.74, 6) is -1.22. The Morgan fingerprint density at radius 2 is 2.25 bits per heavy atom. The molecule has 3 N–H and O–H groups in total. The lowest BCUT2D eigenvalue weighted by Crippen LogP contribution is -2.09. The highest BCUT2D eigenvalue weighted by Crippen LogP contribution is 2.43. The Labute approximate surface area is 96.2 Å². The van der Waals surface area contributed by atoms with Gasteiger partial charge in [-0.3, -0.25) is 4.57 Å². The molecule has 0 saturated heterocycles. The van der Waals surface area contributed by atoms with Gasteiger partial charge in [0.1, 0.15) is 0 Å². The molecule has 1 aromatic heterocycles. The fourth-order valence-electron chi connectivity index (χ4n) is 1.13. The minimum Gasteiger partial charge on any atom is -0.478 e. The van der Waals surface area contributed by atoms with Crippen molar-refractivity contribution >= 4 is 24.9 Å². The van der Waals surface area contributed by atoms with Gasteiger partial charge in [-0.05, 0) is 17.9 Å². The Balaban J connectivity index is 2.81. The molecule has 0 bridgehead atoms. The highest BCUT2D eigenvalue weighted by atomic mass is 32.1. The zero-order chi connectivity index (χ0) is 12.2. The van der Waals surface area contributed by atoms with Gasteiger partial charge in [0.15, 0.2) is 0 Å². The van der Waals surface area contributed by atoms with Crippen LogP contribution in [0.15, 0.2) is 29.7 Å². The van der Waals surface area contributed by atoms with Crippen LogP contribution < -0.4 is 0 Å². The van der Waals surface area contributed by atoms with Gasteiger partial charge in [-0.2, -0.15) is 0 Å². The summed E-state index contributed by atoms with van der Waals surface area (Å²) in [7, 11) is -4.32. The number of hydrogen-bond donors (Lipinski definition) is 3. The number of aliphatic carboxylic acids is 1. The van der Waals surface area contributed by atoms with Gasteiger partial charge in [0.2, 0.25) is 0 Å². The quantitative estimate of drug-likeness (QED) is 0.552. The van der Waals surface area contributed by atoms with E-state index in [1.54, 1.807) is 17.5 Å². The van der Waals surface area contributed by atoms with E-state index in [1.165, 1.54) is 11.3 Å². The van der Waals surface area contributed by atoms with Gasteiger partial charge in [0.25, 0.3) is 0 Å². The first-order chi connectivity index (χ1) is 7.39. The third kappa shape index (κ3) is 4.28. The summed E-state index contributed by atoms with van der Waals surface area (Å²) >= 11 is 1.38. The topological polar surface area (TPSA) is 94.8 Å². The monoisotopic (exact) mass is 262 g/mol. The van der Waals surface area contributed by atoms with E-state index in [9.17, 15) is 9.36 Å². The molecular formula is C9H11O5PS. The highest BCUT2D eigenvalue weighted by molar-refractivity contribution is 7.52. The first kappa shape index (κ1) is 13.1. The Kier molecular flexibility index (Phi) is 4.44. The molecule has 88 valence electrons. The molecule has 1 unspecified atom stereocenters. The fraction of sp³-hybridized carbons (Fsp3) is 0.222. The molecule has 0 amide bonds. The van der Waals surface area contributed by atoms with Crippen molar-refractivity contribution in [3.8, 4) is 0 Å². The van der Waals surface area contributed by atoms with E-state index in [0.717, 1.165) is 17.0 Å². The summed E-state index contributed by atoms with van der Waals surface area (Å²) in [5, 5.41) is 10.2. The van der Waals surface area contributed by atoms with E-state index in [4.69, 9.17) is 14.9 Å². The van der Waals surface area contributed by atoms with E-state index in [-0.39, 0.29) is 6.42 Å². The maximum atomic E-state index is 11.1. The molecule has 0 aliphatic rings. The Bertz CT molecular complexity index is 419. The summed E-state index contributed by atoms with van der Waals surface area (Å²) in [5.41, 5.74) is -1.08. The van der Waals surface area contributed by atoms with Gasteiger partial charge < -0.3 is 14.9 Å². The molecule has 0 radical (unpaired) electrons. The smallest absolute Gasteiger partial charge is 0.332 e. The summed E-state index contributed by atoms with van der Waals surface area (Å²) in [4.78, 5) is 29.2. The Hall–Kier alpha value is -0.940. The lowest BCUT2D eigenvalue weighted by molar-refractivity contribution is -0.131. The normalized spacial score (nSPS) is 14.1. The van der Waals surface area contributed by atoms with Crippen LogP contribution in [0.4, 0.5) is 0 Å². The fourth-order valence-corrected chi connectivity index (χ4v) is 2.76. The van der Waals surface area contributed by atoms with E-state index < -0.39 is 19.2 Å². The predicted molar refractivity (Wildman–Crippen MR) is 60.6 cm³/mol. The first-order valence-electron chi connectivity index (χ1n) is 4.38. The van der Waals surface area contributed by atoms with Crippen LogP contribution in [0.2, 0.25) is 0 Å². The van der Waals surface area contributed by atoms with Gasteiger partial charge in [-0.1, -0.05) is 12.1 Å². The van der Waals surface area contributed by atoms with Crippen LogP contribution in [0.5, 0.6) is 0 Å². The molecule has 1 heterocycles. The van der Waals surface area contributed by atoms with Crippen LogP contribution in [0.1, 0.15) is 4.88 Å². The largest absolute Gasteiger partial charge is 0.478 e.